The summed E-state index contributed by atoms with van der Waals surface area (Å²) in [5.74, 6) is 0.441. The highest BCUT2D eigenvalue weighted by Gasteiger charge is 2.01. The number of hydrogen-bond acceptors (Lipinski definition) is 4. The van der Waals surface area contributed by atoms with E-state index in [1.807, 2.05) is 19.1 Å². The van der Waals surface area contributed by atoms with Crippen LogP contribution >= 0.6 is 0 Å². The number of carbonyl (C=O) groups excluding carboxylic acids is 1. The van der Waals surface area contributed by atoms with Crippen molar-refractivity contribution in [2.24, 2.45) is 0 Å². The summed E-state index contributed by atoms with van der Waals surface area (Å²) < 4.78 is 5.51. The van der Waals surface area contributed by atoms with E-state index >= 15 is 0 Å². The Kier molecular flexibility index (Phi) is 5.54. The number of anilines is 2. The van der Waals surface area contributed by atoms with Crippen LogP contribution in [-0.2, 0) is 4.79 Å². The third kappa shape index (κ3) is 4.63. The molecule has 5 heteroatoms. The first-order chi connectivity index (χ1) is 10.7. The van der Waals surface area contributed by atoms with Gasteiger partial charge in [0.25, 0.3) is 0 Å². The molecular formula is C17H19N3O2. The van der Waals surface area contributed by atoms with E-state index in [0.717, 1.165) is 12.0 Å². The molecule has 1 aromatic carbocycles. The van der Waals surface area contributed by atoms with Crippen LogP contribution in [-0.4, -0.2) is 17.5 Å². The quantitative estimate of drug-likeness (QED) is 0.634. The number of benzene rings is 1. The standard InChI is InChI=1S/C17H19N3O2/c1-2-10-22-16-7-5-13(11-15(16)18)6-8-17(21)20-14-4-3-9-19-12-14/h3-9,11-12H,2,10,18H2,1H3,(H,20,21)/b8-6-. The minimum atomic E-state index is -0.224. The van der Waals surface area contributed by atoms with Gasteiger partial charge in [-0.2, -0.15) is 0 Å². The lowest BCUT2D eigenvalue weighted by molar-refractivity contribution is -0.111. The maximum absolute atomic E-state index is 11.8. The molecule has 22 heavy (non-hydrogen) atoms. The Balaban J connectivity index is 1.97. The predicted octanol–water partition coefficient (Wildman–Crippen LogP) is 3.10. The van der Waals surface area contributed by atoms with Crippen molar-refractivity contribution < 1.29 is 9.53 Å². The van der Waals surface area contributed by atoms with E-state index in [1.165, 1.54) is 6.08 Å². The Bertz CT molecular complexity index is 654. The van der Waals surface area contributed by atoms with Crippen LogP contribution in [0.1, 0.15) is 18.9 Å². The van der Waals surface area contributed by atoms with Crippen molar-refractivity contribution >= 4 is 23.4 Å². The molecule has 0 aliphatic carbocycles. The highest BCUT2D eigenvalue weighted by molar-refractivity contribution is 6.01. The molecule has 0 fully saturated rings. The first kappa shape index (κ1) is 15.6. The van der Waals surface area contributed by atoms with E-state index in [2.05, 4.69) is 10.3 Å². The van der Waals surface area contributed by atoms with Gasteiger partial charge < -0.3 is 15.8 Å². The zero-order chi connectivity index (χ0) is 15.8. The highest BCUT2D eigenvalue weighted by atomic mass is 16.5. The summed E-state index contributed by atoms with van der Waals surface area (Å²) in [4.78, 5) is 15.7. The minimum Gasteiger partial charge on any atom is -0.491 e. The molecule has 0 atom stereocenters. The molecule has 5 nitrogen and oxygen atoms in total. The fourth-order valence-corrected chi connectivity index (χ4v) is 1.81. The van der Waals surface area contributed by atoms with Gasteiger partial charge in [0.1, 0.15) is 5.75 Å². The Morgan fingerprint density at radius 2 is 2.27 bits per heavy atom. The fourth-order valence-electron chi connectivity index (χ4n) is 1.81. The molecule has 0 aliphatic heterocycles. The molecule has 0 bridgehead atoms. The van der Waals surface area contributed by atoms with E-state index in [1.54, 1.807) is 36.7 Å². The van der Waals surface area contributed by atoms with Crippen molar-refractivity contribution in [2.75, 3.05) is 17.7 Å². The zero-order valence-electron chi connectivity index (χ0n) is 12.5. The van der Waals surface area contributed by atoms with Crippen molar-refractivity contribution in [1.82, 2.24) is 4.98 Å². The largest absolute Gasteiger partial charge is 0.491 e. The van der Waals surface area contributed by atoms with Crippen molar-refractivity contribution in [1.29, 1.82) is 0 Å². The molecule has 0 saturated carbocycles. The summed E-state index contributed by atoms with van der Waals surface area (Å²) in [6.45, 7) is 2.67. The van der Waals surface area contributed by atoms with Crippen LogP contribution in [0.5, 0.6) is 5.75 Å². The number of nitrogens with two attached hydrogens (primary N) is 1. The molecule has 0 spiro atoms. The number of nitrogens with zero attached hydrogens (tertiary/aromatic N) is 1. The zero-order valence-corrected chi connectivity index (χ0v) is 12.5. The number of nitrogen functional groups attached to an aromatic ring is 1. The maximum Gasteiger partial charge on any atom is 0.248 e. The maximum atomic E-state index is 11.8. The lowest BCUT2D eigenvalue weighted by atomic mass is 10.1. The topological polar surface area (TPSA) is 77.2 Å². The molecule has 0 unspecified atom stereocenters. The molecule has 0 radical (unpaired) electrons. The van der Waals surface area contributed by atoms with E-state index in [-0.39, 0.29) is 5.91 Å². The Hall–Kier alpha value is -2.82. The van der Waals surface area contributed by atoms with Crippen LogP contribution in [0, 0.1) is 0 Å². The van der Waals surface area contributed by atoms with Gasteiger partial charge in [-0.05, 0) is 42.3 Å². The number of amides is 1. The molecule has 1 aromatic heterocycles. The van der Waals surface area contributed by atoms with Crippen LogP contribution in [0.4, 0.5) is 11.4 Å². The summed E-state index contributed by atoms with van der Waals surface area (Å²) in [5, 5.41) is 2.72. The summed E-state index contributed by atoms with van der Waals surface area (Å²) in [6.07, 6.45) is 7.32. The van der Waals surface area contributed by atoms with Gasteiger partial charge in [-0.25, -0.2) is 0 Å². The van der Waals surface area contributed by atoms with Crippen molar-refractivity contribution in [3.05, 3.63) is 54.4 Å². The van der Waals surface area contributed by atoms with Crippen LogP contribution in [0.25, 0.3) is 6.08 Å². The third-order valence-electron chi connectivity index (χ3n) is 2.85. The SMILES string of the molecule is CCCOc1ccc(/C=C\C(=O)Nc2cccnc2)cc1N. The van der Waals surface area contributed by atoms with Gasteiger partial charge in [-0.1, -0.05) is 13.0 Å². The van der Waals surface area contributed by atoms with Gasteiger partial charge in [-0.3, -0.25) is 9.78 Å². The first-order valence-electron chi connectivity index (χ1n) is 7.10. The molecule has 2 rings (SSSR count). The Morgan fingerprint density at radius 1 is 1.41 bits per heavy atom. The Labute approximate surface area is 129 Å². The van der Waals surface area contributed by atoms with Gasteiger partial charge >= 0.3 is 0 Å². The van der Waals surface area contributed by atoms with Crippen LogP contribution in [0.3, 0.4) is 0 Å². The molecule has 3 N–H and O–H groups in total. The van der Waals surface area contributed by atoms with Gasteiger partial charge in [-0.15, -0.1) is 0 Å². The fraction of sp³-hybridized carbons (Fsp3) is 0.176. The lowest BCUT2D eigenvalue weighted by Gasteiger charge is -2.08. The predicted molar refractivity (Wildman–Crippen MR) is 88.5 cm³/mol. The summed E-state index contributed by atoms with van der Waals surface area (Å²) in [7, 11) is 0. The number of hydrogen-bond donors (Lipinski definition) is 2. The molecule has 114 valence electrons. The number of ether oxygens (including phenoxy) is 1. The normalized spacial score (nSPS) is 10.6. The number of nitrogens with one attached hydrogen (secondary N) is 1. The minimum absolute atomic E-state index is 0.224. The third-order valence-corrected chi connectivity index (χ3v) is 2.85. The van der Waals surface area contributed by atoms with E-state index in [9.17, 15) is 4.79 Å². The monoisotopic (exact) mass is 297 g/mol. The molecule has 0 saturated heterocycles. The second-order valence-corrected chi connectivity index (χ2v) is 4.71. The van der Waals surface area contributed by atoms with Crippen molar-refractivity contribution in [3.63, 3.8) is 0 Å². The second-order valence-electron chi connectivity index (χ2n) is 4.71. The smallest absolute Gasteiger partial charge is 0.248 e. The lowest BCUT2D eigenvalue weighted by Crippen LogP contribution is -2.07. The van der Waals surface area contributed by atoms with Gasteiger partial charge in [0.05, 0.1) is 24.2 Å². The summed E-state index contributed by atoms with van der Waals surface area (Å²) in [6, 6.07) is 8.98. The van der Waals surface area contributed by atoms with Gasteiger partial charge in [0.15, 0.2) is 0 Å². The number of carbonyl (C=O) groups is 1. The Morgan fingerprint density at radius 3 is 2.95 bits per heavy atom. The van der Waals surface area contributed by atoms with Crippen molar-refractivity contribution in [2.45, 2.75) is 13.3 Å². The molecule has 1 amide bonds. The first-order valence-corrected chi connectivity index (χ1v) is 7.10. The number of rotatable bonds is 6. The summed E-state index contributed by atoms with van der Waals surface area (Å²) >= 11 is 0. The second kappa shape index (κ2) is 7.83. The van der Waals surface area contributed by atoms with E-state index < -0.39 is 0 Å². The van der Waals surface area contributed by atoms with E-state index in [4.69, 9.17) is 10.5 Å². The number of aromatic nitrogens is 1. The average Bonchev–Trinajstić information content (AvgIpc) is 2.53. The van der Waals surface area contributed by atoms with Crippen LogP contribution in [0.15, 0.2) is 48.8 Å². The molecule has 1 heterocycles. The average molecular weight is 297 g/mol. The molecule has 2 aromatic rings. The summed E-state index contributed by atoms with van der Waals surface area (Å²) in [5.41, 5.74) is 7.97. The van der Waals surface area contributed by atoms with Gasteiger partial charge in [0.2, 0.25) is 5.91 Å². The molecular weight excluding hydrogens is 278 g/mol. The number of pyridine rings is 1. The van der Waals surface area contributed by atoms with Crippen LogP contribution in [0.2, 0.25) is 0 Å². The van der Waals surface area contributed by atoms with Gasteiger partial charge in [0, 0.05) is 12.3 Å². The van der Waals surface area contributed by atoms with Crippen LogP contribution < -0.4 is 15.8 Å². The van der Waals surface area contributed by atoms with Crippen molar-refractivity contribution in [3.8, 4) is 5.75 Å². The van der Waals surface area contributed by atoms with E-state index in [0.29, 0.717) is 23.7 Å². The molecule has 0 aliphatic rings. The highest BCUT2D eigenvalue weighted by Crippen LogP contribution is 2.23.